The van der Waals surface area contributed by atoms with E-state index in [1.807, 2.05) is 53.1 Å². The van der Waals surface area contributed by atoms with Gasteiger partial charge in [-0.2, -0.15) is 10.2 Å². The number of fused-ring (bicyclic) bond motifs is 1. The largest absolute Gasteiger partial charge is 0.337 e. The molecule has 0 radical (unpaired) electrons. The first-order valence-electron chi connectivity index (χ1n) is 9.73. The number of piperidine rings is 1. The Hall–Kier alpha value is -3.55. The van der Waals surface area contributed by atoms with Gasteiger partial charge in [0.25, 0.3) is 5.91 Å². The first-order valence-corrected chi connectivity index (χ1v) is 9.73. The van der Waals surface area contributed by atoms with Gasteiger partial charge in [0.05, 0.1) is 0 Å². The van der Waals surface area contributed by atoms with Gasteiger partial charge < -0.3 is 4.90 Å². The van der Waals surface area contributed by atoms with Crippen LogP contribution in [0.25, 0.3) is 16.8 Å². The Kier molecular flexibility index (Phi) is 4.31. The zero-order valence-corrected chi connectivity index (χ0v) is 16.1. The number of aryl methyl sites for hydroxylation is 1. The highest BCUT2D eigenvalue weighted by molar-refractivity contribution is 5.92. The van der Waals surface area contributed by atoms with Gasteiger partial charge in [-0.05, 0) is 37.1 Å². The fourth-order valence-corrected chi connectivity index (χ4v) is 3.84. The second-order valence-electron chi connectivity index (χ2n) is 7.40. The van der Waals surface area contributed by atoms with Crippen LogP contribution in [0.4, 0.5) is 0 Å². The van der Waals surface area contributed by atoms with E-state index in [0.29, 0.717) is 12.2 Å². The summed E-state index contributed by atoms with van der Waals surface area (Å²) >= 11 is 0. The van der Waals surface area contributed by atoms with E-state index in [2.05, 4.69) is 10.1 Å². The SMILES string of the molecule is Cn1ccc(C(=O)N2CCCC(c3nc4ccc(-c5cccnc5)cn4n3)C2)n1. The van der Waals surface area contributed by atoms with Crippen LogP contribution in [0.5, 0.6) is 0 Å². The van der Waals surface area contributed by atoms with Crippen molar-refractivity contribution in [1.82, 2.24) is 34.3 Å². The third-order valence-corrected chi connectivity index (χ3v) is 5.35. The van der Waals surface area contributed by atoms with E-state index < -0.39 is 0 Å². The third-order valence-electron chi connectivity index (χ3n) is 5.35. The molecule has 1 atom stereocenters. The van der Waals surface area contributed by atoms with E-state index in [-0.39, 0.29) is 11.8 Å². The topological polar surface area (TPSA) is 81.2 Å². The highest BCUT2D eigenvalue weighted by Gasteiger charge is 2.29. The Labute approximate surface area is 167 Å². The zero-order chi connectivity index (χ0) is 19.8. The van der Waals surface area contributed by atoms with Gasteiger partial charge in [-0.1, -0.05) is 6.07 Å². The number of hydrogen-bond donors (Lipinski definition) is 0. The summed E-state index contributed by atoms with van der Waals surface area (Å²) in [7, 11) is 1.82. The van der Waals surface area contributed by atoms with Crippen LogP contribution in [0.15, 0.2) is 55.1 Å². The standard InChI is InChI=1S/C21H21N7O/c1-26-11-8-18(24-26)21(29)27-10-3-5-17(13-27)20-23-19-7-6-16(14-28(19)25-20)15-4-2-9-22-12-15/h2,4,6-9,11-12,14,17H,3,5,10,13H2,1H3. The first kappa shape index (κ1) is 17.5. The number of likely N-dealkylation sites (tertiary alicyclic amines) is 1. The number of hydrogen-bond acceptors (Lipinski definition) is 5. The maximum atomic E-state index is 12.8. The van der Waals surface area contributed by atoms with Gasteiger partial charge in [0.2, 0.25) is 0 Å². The molecule has 5 heterocycles. The van der Waals surface area contributed by atoms with E-state index in [1.54, 1.807) is 23.1 Å². The van der Waals surface area contributed by atoms with Gasteiger partial charge in [-0.25, -0.2) is 9.50 Å². The van der Waals surface area contributed by atoms with Crippen molar-refractivity contribution in [2.24, 2.45) is 7.05 Å². The number of carbonyl (C=O) groups excluding carboxylic acids is 1. The van der Waals surface area contributed by atoms with Crippen molar-refractivity contribution in [3.05, 3.63) is 66.6 Å². The van der Waals surface area contributed by atoms with E-state index in [0.717, 1.165) is 42.0 Å². The molecule has 146 valence electrons. The molecule has 0 saturated carbocycles. The summed E-state index contributed by atoms with van der Waals surface area (Å²) in [6.45, 7) is 1.35. The average Bonchev–Trinajstić information content (AvgIpc) is 3.39. The maximum Gasteiger partial charge on any atom is 0.274 e. The van der Waals surface area contributed by atoms with Crippen LogP contribution < -0.4 is 0 Å². The van der Waals surface area contributed by atoms with Gasteiger partial charge in [-0.3, -0.25) is 14.5 Å². The Morgan fingerprint density at radius 2 is 2.07 bits per heavy atom. The van der Waals surface area contributed by atoms with Crippen LogP contribution in [0.3, 0.4) is 0 Å². The summed E-state index contributed by atoms with van der Waals surface area (Å²) < 4.78 is 3.47. The van der Waals surface area contributed by atoms with Gasteiger partial charge in [0, 0.05) is 62.0 Å². The molecule has 1 aliphatic rings. The molecule has 4 aromatic heterocycles. The lowest BCUT2D eigenvalue weighted by Gasteiger charge is -2.30. The molecule has 1 aliphatic heterocycles. The van der Waals surface area contributed by atoms with Gasteiger partial charge in [0.15, 0.2) is 11.5 Å². The normalized spacial score (nSPS) is 17.0. The molecular formula is C21H21N7O. The van der Waals surface area contributed by atoms with Crippen LogP contribution in [-0.2, 0) is 7.05 Å². The molecule has 0 aromatic carbocycles. The predicted molar refractivity (Wildman–Crippen MR) is 107 cm³/mol. The Bertz CT molecular complexity index is 1160. The predicted octanol–water partition coefficient (Wildman–Crippen LogP) is 2.54. The molecule has 1 fully saturated rings. The van der Waals surface area contributed by atoms with Crippen LogP contribution in [-0.4, -0.2) is 53.3 Å². The second-order valence-corrected chi connectivity index (χ2v) is 7.40. The molecule has 4 aromatic rings. The second kappa shape index (κ2) is 7.12. The molecule has 8 heteroatoms. The van der Waals surface area contributed by atoms with Crippen LogP contribution in [0.1, 0.15) is 35.1 Å². The lowest BCUT2D eigenvalue weighted by atomic mass is 9.97. The molecule has 8 nitrogen and oxygen atoms in total. The monoisotopic (exact) mass is 387 g/mol. The number of nitrogens with zero attached hydrogens (tertiary/aromatic N) is 7. The summed E-state index contributed by atoms with van der Waals surface area (Å²) in [6, 6.07) is 9.70. The van der Waals surface area contributed by atoms with E-state index in [1.165, 1.54) is 0 Å². The van der Waals surface area contributed by atoms with Gasteiger partial charge >= 0.3 is 0 Å². The lowest BCUT2D eigenvalue weighted by Crippen LogP contribution is -2.39. The molecule has 29 heavy (non-hydrogen) atoms. The molecule has 0 spiro atoms. The average molecular weight is 387 g/mol. The molecular weight excluding hydrogens is 366 g/mol. The highest BCUT2D eigenvalue weighted by atomic mass is 16.2. The minimum Gasteiger partial charge on any atom is -0.337 e. The van der Waals surface area contributed by atoms with Gasteiger partial charge in [0.1, 0.15) is 5.69 Å². The van der Waals surface area contributed by atoms with Crippen molar-refractivity contribution in [2.45, 2.75) is 18.8 Å². The smallest absolute Gasteiger partial charge is 0.274 e. The summed E-state index contributed by atoms with van der Waals surface area (Å²) in [6.07, 6.45) is 9.26. The van der Waals surface area contributed by atoms with E-state index in [9.17, 15) is 4.79 Å². The Morgan fingerprint density at radius 3 is 2.86 bits per heavy atom. The van der Waals surface area contributed by atoms with Crippen LogP contribution >= 0.6 is 0 Å². The number of aromatic nitrogens is 6. The van der Waals surface area contributed by atoms with Crippen LogP contribution in [0.2, 0.25) is 0 Å². The Morgan fingerprint density at radius 1 is 1.14 bits per heavy atom. The summed E-state index contributed by atoms with van der Waals surface area (Å²) in [4.78, 5) is 23.5. The maximum absolute atomic E-state index is 12.8. The summed E-state index contributed by atoms with van der Waals surface area (Å²) in [5.41, 5.74) is 3.37. The van der Waals surface area contributed by atoms with Crippen molar-refractivity contribution in [3.63, 3.8) is 0 Å². The highest BCUT2D eigenvalue weighted by Crippen LogP contribution is 2.26. The number of pyridine rings is 2. The van der Waals surface area contributed by atoms with Crippen molar-refractivity contribution in [3.8, 4) is 11.1 Å². The molecule has 1 amide bonds. The van der Waals surface area contributed by atoms with E-state index >= 15 is 0 Å². The number of rotatable bonds is 3. The van der Waals surface area contributed by atoms with Crippen molar-refractivity contribution >= 4 is 11.6 Å². The molecule has 1 saturated heterocycles. The fraction of sp³-hybridized carbons (Fsp3) is 0.286. The zero-order valence-electron chi connectivity index (χ0n) is 16.1. The van der Waals surface area contributed by atoms with Crippen LogP contribution in [0, 0.1) is 0 Å². The quantitative estimate of drug-likeness (QED) is 0.540. The fourth-order valence-electron chi connectivity index (χ4n) is 3.84. The van der Waals surface area contributed by atoms with Crippen molar-refractivity contribution in [1.29, 1.82) is 0 Å². The number of amides is 1. The minimum atomic E-state index is -0.0297. The molecule has 0 N–H and O–H groups in total. The third kappa shape index (κ3) is 3.37. The first-order chi connectivity index (χ1) is 14.2. The summed E-state index contributed by atoms with van der Waals surface area (Å²) in [5.74, 6) is 0.878. The molecule has 0 aliphatic carbocycles. The summed E-state index contributed by atoms with van der Waals surface area (Å²) in [5, 5.41) is 8.96. The number of carbonyl (C=O) groups is 1. The Balaban J connectivity index is 1.39. The van der Waals surface area contributed by atoms with Crippen molar-refractivity contribution < 1.29 is 4.79 Å². The van der Waals surface area contributed by atoms with Gasteiger partial charge in [-0.15, -0.1) is 0 Å². The lowest BCUT2D eigenvalue weighted by molar-refractivity contribution is 0.0698. The molecule has 5 rings (SSSR count). The molecule has 0 bridgehead atoms. The van der Waals surface area contributed by atoms with Crippen molar-refractivity contribution in [2.75, 3.05) is 13.1 Å². The molecule has 1 unspecified atom stereocenters. The van der Waals surface area contributed by atoms with E-state index in [4.69, 9.17) is 10.1 Å². The minimum absolute atomic E-state index is 0.0297.